The molecule has 0 radical (unpaired) electrons. The molecular weight excluding hydrogens is 1140 g/mol. The summed E-state index contributed by atoms with van der Waals surface area (Å²) in [6.07, 6.45) is -18.0. The molecule has 0 fully saturated rings. The molecule has 0 aliphatic heterocycles. The van der Waals surface area contributed by atoms with Crippen LogP contribution >= 0.6 is 0 Å². The second-order valence-electron chi connectivity index (χ2n) is 16.8. The minimum atomic E-state index is -5.45. The second-order valence-corrected chi connectivity index (χ2v) is 16.8. The molecule has 0 spiro atoms. The van der Waals surface area contributed by atoms with Crippen LogP contribution in [0.25, 0.3) is 0 Å². The Bertz CT molecular complexity index is 1650. The molecule has 0 rings (SSSR count). The van der Waals surface area contributed by atoms with Crippen molar-refractivity contribution in [2.45, 2.75) is 73.2 Å². The summed E-state index contributed by atoms with van der Waals surface area (Å²) >= 11 is 0. The molecule has 0 amide bonds. The van der Waals surface area contributed by atoms with Crippen LogP contribution in [0.1, 0.15) is 6.42 Å². The molecule has 6 N–H and O–H groups in total. The lowest BCUT2D eigenvalue weighted by atomic mass is 10.2. The highest BCUT2D eigenvalue weighted by atomic mass is 19.3. The van der Waals surface area contributed by atoms with Crippen molar-refractivity contribution >= 4 is 0 Å². The quantitative estimate of drug-likeness (QED) is 0.0220. The highest BCUT2D eigenvalue weighted by Gasteiger charge is 2.52. The third-order valence-corrected chi connectivity index (χ3v) is 8.32. The Morgan fingerprint density at radius 2 is 0.691 bits per heavy atom. The molecule has 23 nitrogen and oxygen atoms in total. The molecule has 0 heterocycles. The summed E-state index contributed by atoms with van der Waals surface area (Å²) in [5.74, 6) is -11.8. The van der Waals surface area contributed by atoms with Crippen molar-refractivity contribution in [2.75, 3.05) is 178 Å². The Labute approximate surface area is 459 Å². The van der Waals surface area contributed by atoms with Crippen molar-refractivity contribution in [3.05, 3.63) is 25.3 Å². The van der Waals surface area contributed by atoms with E-state index in [1.54, 1.807) is 6.07 Å². The summed E-state index contributed by atoms with van der Waals surface area (Å²) in [6.45, 7) is -9.72. The average Bonchev–Trinajstić information content (AvgIpc) is 3.35. The lowest BCUT2D eigenvalue weighted by molar-refractivity contribution is -0.518. The van der Waals surface area contributed by atoms with Crippen molar-refractivity contribution in [3.8, 4) is 12.1 Å². The predicted octanol–water partition coefficient (Wildman–Crippen LogP) is 2.09. The zero-order valence-corrected chi connectivity index (χ0v) is 44.1. The lowest BCUT2D eigenvalue weighted by Gasteiger charge is -2.26. The number of rotatable bonds is 55. The van der Waals surface area contributed by atoms with E-state index in [-0.39, 0.29) is 98.9 Å². The van der Waals surface area contributed by atoms with Gasteiger partial charge < -0.3 is 92.2 Å². The first kappa shape index (κ1) is 79.8. The van der Waals surface area contributed by atoms with E-state index >= 15 is 0 Å². The van der Waals surface area contributed by atoms with Gasteiger partial charge in [-0.3, -0.25) is 0 Å². The van der Waals surface area contributed by atoms with Gasteiger partial charge in [0.05, 0.1) is 150 Å². The normalized spacial score (nSPS) is 15.0. The van der Waals surface area contributed by atoms with Crippen LogP contribution in [0.15, 0.2) is 25.3 Å². The molecular formula is C46H74F12N2O21. The van der Waals surface area contributed by atoms with Gasteiger partial charge in [0.25, 0.3) is 17.8 Å². The van der Waals surface area contributed by atoms with Crippen LogP contribution in [0, 0.1) is 28.6 Å². The van der Waals surface area contributed by atoms with Gasteiger partial charge in [-0.2, -0.15) is 28.1 Å². The smallest absolute Gasteiger partial charge is 0.394 e. The summed E-state index contributed by atoms with van der Waals surface area (Å²) in [5.41, 5.74) is 0. The van der Waals surface area contributed by atoms with Crippen molar-refractivity contribution in [1.82, 2.24) is 0 Å². The van der Waals surface area contributed by atoms with Crippen molar-refractivity contribution < 1.29 is 154 Å². The van der Waals surface area contributed by atoms with Crippen molar-refractivity contribution in [3.63, 3.8) is 0 Å². The fourth-order valence-corrected chi connectivity index (χ4v) is 5.03. The predicted molar refractivity (Wildman–Crippen MR) is 249 cm³/mol. The minimum Gasteiger partial charge on any atom is -0.394 e. The Morgan fingerprint density at radius 3 is 1.10 bits per heavy atom. The average molecular weight is 1220 g/mol. The van der Waals surface area contributed by atoms with E-state index < -0.39 is 159 Å². The third kappa shape index (κ3) is 52.1. The molecule has 0 saturated carbocycles. The highest BCUT2D eigenvalue weighted by Crippen LogP contribution is 2.34. The van der Waals surface area contributed by atoms with E-state index in [0.29, 0.717) is 0 Å². The van der Waals surface area contributed by atoms with E-state index in [9.17, 15) is 78.2 Å². The number of aliphatic hydroxyl groups is 6. The van der Waals surface area contributed by atoms with Crippen LogP contribution in [0.4, 0.5) is 52.7 Å². The SMILES string of the molecule is C=CCOCC(C#N)COCC(O)COCCOCC(F)(F)OC(F)(F)OC(F)(F)COCC(O)COCCO.C=CCOCC(O)COCC(O)COCC(F)(F)COCC(F)(F)COCC(F)(F)COCC(O)COCCC#N. The number of nitrogens with zero attached hydrogens (tertiary/aromatic N) is 2. The van der Waals surface area contributed by atoms with Gasteiger partial charge in [-0.15, -0.1) is 21.9 Å². The molecule has 0 aliphatic carbocycles. The summed E-state index contributed by atoms with van der Waals surface area (Å²) in [7, 11) is 0. The van der Waals surface area contributed by atoms with E-state index in [1.165, 1.54) is 12.2 Å². The number of nitriles is 2. The van der Waals surface area contributed by atoms with Gasteiger partial charge >= 0.3 is 18.5 Å². The Kier molecular flexibility index (Phi) is 45.5. The van der Waals surface area contributed by atoms with E-state index in [0.717, 1.165) is 0 Å². The fraction of sp³-hybridized carbons (Fsp3) is 0.870. The molecule has 0 aliphatic rings. The van der Waals surface area contributed by atoms with Gasteiger partial charge in [0, 0.05) is 0 Å². The summed E-state index contributed by atoms with van der Waals surface area (Å²) in [6, 6.07) is 3.76. The number of alkyl halides is 12. The summed E-state index contributed by atoms with van der Waals surface area (Å²) in [4.78, 5) is 0. The molecule has 35 heteroatoms. The van der Waals surface area contributed by atoms with Gasteiger partial charge in [-0.1, -0.05) is 12.2 Å². The van der Waals surface area contributed by atoms with Crippen LogP contribution in [-0.2, 0) is 71.1 Å². The number of aliphatic hydroxyl groups excluding tert-OH is 6. The molecule has 0 aromatic heterocycles. The fourth-order valence-electron chi connectivity index (χ4n) is 5.03. The minimum absolute atomic E-state index is 0.0269. The maximum atomic E-state index is 13.8. The largest absolute Gasteiger partial charge is 0.495 e. The number of ether oxygens (including phenoxy) is 15. The number of halogens is 12. The number of hydrogen-bond donors (Lipinski definition) is 6. The Morgan fingerprint density at radius 1 is 0.383 bits per heavy atom. The molecule has 6 unspecified atom stereocenters. The molecule has 478 valence electrons. The van der Waals surface area contributed by atoms with E-state index in [2.05, 4.69) is 51.1 Å². The topological polar surface area (TPSA) is 307 Å². The van der Waals surface area contributed by atoms with Crippen LogP contribution in [0.2, 0.25) is 0 Å². The first-order chi connectivity index (χ1) is 38.0. The van der Waals surface area contributed by atoms with Gasteiger partial charge in [0.15, 0.2) is 0 Å². The number of hydrogen-bond acceptors (Lipinski definition) is 23. The van der Waals surface area contributed by atoms with Crippen LogP contribution < -0.4 is 0 Å². The van der Waals surface area contributed by atoms with Gasteiger partial charge in [-0.25, -0.2) is 35.8 Å². The molecule has 0 saturated heterocycles. The molecule has 0 aromatic carbocycles. The zero-order chi connectivity index (χ0) is 61.7. The maximum Gasteiger partial charge on any atom is 0.495 e. The van der Waals surface area contributed by atoms with Crippen LogP contribution in [0.3, 0.4) is 0 Å². The van der Waals surface area contributed by atoms with Gasteiger partial charge in [0.1, 0.15) is 83.4 Å². The zero-order valence-electron chi connectivity index (χ0n) is 44.1. The van der Waals surface area contributed by atoms with Gasteiger partial charge in [0.2, 0.25) is 0 Å². The molecule has 81 heavy (non-hydrogen) atoms. The lowest BCUT2D eigenvalue weighted by Crippen LogP contribution is -2.44. The second kappa shape index (κ2) is 46.1. The molecule has 0 bridgehead atoms. The third-order valence-electron chi connectivity index (χ3n) is 8.32. The monoisotopic (exact) mass is 1220 g/mol. The first-order valence-electron chi connectivity index (χ1n) is 24.1. The molecule has 6 atom stereocenters. The van der Waals surface area contributed by atoms with Crippen LogP contribution in [-0.4, -0.2) is 276 Å². The maximum absolute atomic E-state index is 13.8. The standard InChI is InChI=1S/C24H39F6NO10.C22H35F6NO11/c1-2-5-35-7-19(32)9-37-10-21(34)12-39-14-23(27,28)16-41-18-24(29,30)17-40-15-22(25,26)13-38-11-20(33)8-36-6-3-4-31;1-2-4-33-9-17(8-29)10-37-13-18(31)12-35-6-7-36-15-20(23,24)39-22(27,28)40-21(25,26)16-38-14-19(32)11-34-5-3-30/h2,19-21,32-34H,1,3,5-18H2;2,17-19,30-32H,1,3-7,9-16H2. The van der Waals surface area contributed by atoms with E-state index in [4.69, 9.17) is 48.8 Å². The van der Waals surface area contributed by atoms with E-state index in [1.807, 2.05) is 6.07 Å². The van der Waals surface area contributed by atoms with Gasteiger partial charge in [-0.05, 0) is 0 Å². The van der Waals surface area contributed by atoms with Crippen LogP contribution in [0.5, 0.6) is 0 Å². The van der Waals surface area contributed by atoms with Crippen molar-refractivity contribution in [1.29, 1.82) is 10.5 Å². The summed E-state index contributed by atoms with van der Waals surface area (Å²) in [5, 5.41) is 73.6. The Hall–Kier alpha value is -3.22. The first-order valence-corrected chi connectivity index (χ1v) is 24.1. The Balaban J connectivity index is 0. The highest BCUT2D eigenvalue weighted by molar-refractivity contribution is 4.83. The summed E-state index contributed by atoms with van der Waals surface area (Å²) < 4.78 is 231. The van der Waals surface area contributed by atoms with Crippen molar-refractivity contribution in [2.24, 2.45) is 5.92 Å². The molecule has 0 aromatic rings.